The fourth-order valence-electron chi connectivity index (χ4n) is 3.05. The predicted octanol–water partition coefficient (Wildman–Crippen LogP) is 2.99. The SMILES string of the molecule is Cc1cc(C(=O)N(Cc2ccc(S(C)(=O)=O)cc2)c2cc(F)cc(C#N)c2)n(C)n1. The second kappa shape index (κ2) is 8.08. The van der Waals surface area contributed by atoms with Gasteiger partial charge in [-0.1, -0.05) is 12.1 Å². The Labute approximate surface area is 173 Å². The molecule has 0 bridgehead atoms. The molecular formula is C21H19FN4O3S. The van der Waals surface area contributed by atoms with Crippen molar-refractivity contribution in [3.63, 3.8) is 0 Å². The molecule has 0 aliphatic rings. The number of hydrogen-bond donors (Lipinski definition) is 0. The van der Waals surface area contributed by atoms with E-state index in [0.29, 0.717) is 17.0 Å². The largest absolute Gasteiger partial charge is 0.302 e. The molecule has 0 N–H and O–H groups in total. The summed E-state index contributed by atoms with van der Waals surface area (Å²) in [6.45, 7) is 1.79. The molecule has 3 rings (SSSR count). The number of aromatic nitrogens is 2. The lowest BCUT2D eigenvalue weighted by Gasteiger charge is -2.23. The van der Waals surface area contributed by atoms with E-state index in [4.69, 9.17) is 0 Å². The van der Waals surface area contributed by atoms with E-state index in [1.54, 1.807) is 32.2 Å². The van der Waals surface area contributed by atoms with Crippen molar-refractivity contribution in [1.82, 2.24) is 9.78 Å². The summed E-state index contributed by atoms with van der Waals surface area (Å²) >= 11 is 0. The minimum absolute atomic E-state index is 0.0431. The molecule has 0 aliphatic heterocycles. The first-order valence-electron chi connectivity index (χ1n) is 8.90. The average Bonchev–Trinajstić information content (AvgIpc) is 3.02. The van der Waals surface area contributed by atoms with Crippen LogP contribution >= 0.6 is 0 Å². The molecule has 30 heavy (non-hydrogen) atoms. The Morgan fingerprint density at radius 3 is 2.40 bits per heavy atom. The fourth-order valence-corrected chi connectivity index (χ4v) is 3.68. The number of sulfone groups is 1. The molecule has 9 heteroatoms. The van der Waals surface area contributed by atoms with Crippen LogP contribution in [0.3, 0.4) is 0 Å². The van der Waals surface area contributed by atoms with Gasteiger partial charge in [0.25, 0.3) is 5.91 Å². The van der Waals surface area contributed by atoms with Gasteiger partial charge in [-0.05, 0) is 48.9 Å². The van der Waals surface area contributed by atoms with Gasteiger partial charge in [0.1, 0.15) is 11.5 Å². The van der Waals surface area contributed by atoms with Crippen molar-refractivity contribution in [3.8, 4) is 6.07 Å². The van der Waals surface area contributed by atoms with Gasteiger partial charge in [-0.25, -0.2) is 12.8 Å². The van der Waals surface area contributed by atoms with Gasteiger partial charge in [-0.3, -0.25) is 9.48 Å². The summed E-state index contributed by atoms with van der Waals surface area (Å²) in [5.74, 6) is -1.07. The third-order valence-corrected chi connectivity index (χ3v) is 5.61. The van der Waals surface area contributed by atoms with Crippen LogP contribution in [0.5, 0.6) is 0 Å². The molecule has 0 fully saturated rings. The summed E-state index contributed by atoms with van der Waals surface area (Å²) in [6.07, 6.45) is 1.11. The van der Waals surface area contributed by atoms with Gasteiger partial charge in [0.15, 0.2) is 9.84 Å². The first kappa shape index (κ1) is 21.2. The van der Waals surface area contributed by atoms with E-state index in [0.717, 1.165) is 12.3 Å². The number of anilines is 1. The summed E-state index contributed by atoms with van der Waals surface area (Å²) in [6, 6.07) is 13.3. The number of amides is 1. The zero-order chi connectivity index (χ0) is 22.1. The standard InChI is InChI=1S/C21H19FN4O3S/c1-14-8-20(25(2)24-14)21(27)26(18-10-16(12-23)9-17(22)11-18)13-15-4-6-19(7-5-15)30(3,28)29/h4-11H,13H2,1-3H3. The zero-order valence-electron chi connectivity index (χ0n) is 16.6. The van der Waals surface area contributed by atoms with Gasteiger partial charge in [-0.2, -0.15) is 10.4 Å². The van der Waals surface area contributed by atoms with E-state index < -0.39 is 21.6 Å². The van der Waals surface area contributed by atoms with Crippen molar-refractivity contribution in [2.24, 2.45) is 7.05 Å². The first-order chi connectivity index (χ1) is 14.1. The second-order valence-electron chi connectivity index (χ2n) is 6.91. The molecule has 0 spiro atoms. The van der Waals surface area contributed by atoms with Gasteiger partial charge >= 0.3 is 0 Å². The minimum Gasteiger partial charge on any atom is -0.302 e. The Balaban J connectivity index is 2.06. The van der Waals surface area contributed by atoms with Gasteiger partial charge < -0.3 is 4.90 Å². The van der Waals surface area contributed by atoms with E-state index in [1.807, 2.05) is 6.07 Å². The normalized spacial score (nSPS) is 11.2. The predicted molar refractivity (Wildman–Crippen MR) is 109 cm³/mol. The van der Waals surface area contributed by atoms with Crippen LogP contribution in [-0.4, -0.2) is 30.4 Å². The Hall–Kier alpha value is -3.51. The lowest BCUT2D eigenvalue weighted by Crippen LogP contribution is -2.32. The summed E-state index contributed by atoms with van der Waals surface area (Å²) in [5.41, 5.74) is 1.87. The number of carbonyl (C=O) groups is 1. The summed E-state index contributed by atoms with van der Waals surface area (Å²) in [4.78, 5) is 14.8. The van der Waals surface area contributed by atoms with Crippen molar-refractivity contribution < 1.29 is 17.6 Å². The maximum Gasteiger partial charge on any atom is 0.276 e. The Kier molecular flexibility index (Phi) is 5.71. The molecule has 0 unspecified atom stereocenters. The van der Waals surface area contributed by atoms with Crippen molar-refractivity contribution in [3.05, 3.63) is 76.9 Å². The molecule has 3 aromatic rings. The number of nitrogens with zero attached hydrogens (tertiary/aromatic N) is 4. The highest BCUT2D eigenvalue weighted by molar-refractivity contribution is 7.90. The molecule has 1 aromatic heterocycles. The number of nitriles is 1. The van der Waals surface area contributed by atoms with Crippen molar-refractivity contribution in [1.29, 1.82) is 5.26 Å². The molecule has 2 aromatic carbocycles. The van der Waals surface area contributed by atoms with Crippen LogP contribution in [0.2, 0.25) is 0 Å². The number of aryl methyl sites for hydroxylation is 2. The van der Waals surface area contributed by atoms with Crippen molar-refractivity contribution >= 4 is 21.4 Å². The van der Waals surface area contributed by atoms with Gasteiger partial charge in [-0.15, -0.1) is 0 Å². The van der Waals surface area contributed by atoms with E-state index in [9.17, 15) is 22.9 Å². The number of rotatable bonds is 5. The highest BCUT2D eigenvalue weighted by Gasteiger charge is 2.23. The monoisotopic (exact) mass is 426 g/mol. The summed E-state index contributed by atoms with van der Waals surface area (Å²) in [5, 5.41) is 13.4. The smallest absolute Gasteiger partial charge is 0.276 e. The van der Waals surface area contributed by atoms with Crippen LogP contribution < -0.4 is 4.90 Å². The van der Waals surface area contributed by atoms with Crippen LogP contribution in [0.1, 0.15) is 27.3 Å². The molecule has 0 saturated heterocycles. The first-order valence-corrected chi connectivity index (χ1v) is 10.8. The lowest BCUT2D eigenvalue weighted by atomic mass is 10.1. The van der Waals surface area contributed by atoms with Crippen molar-refractivity contribution in [2.45, 2.75) is 18.4 Å². The Bertz CT molecular complexity index is 1260. The van der Waals surface area contributed by atoms with Crippen molar-refractivity contribution in [2.75, 3.05) is 11.2 Å². The van der Waals surface area contributed by atoms with Gasteiger partial charge in [0.05, 0.1) is 28.8 Å². The Morgan fingerprint density at radius 2 is 1.87 bits per heavy atom. The lowest BCUT2D eigenvalue weighted by molar-refractivity contribution is 0.0976. The van der Waals surface area contributed by atoms with E-state index in [2.05, 4.69) is 5.10 Å². The third kappa shape index (κ3) is 4.55. The number of benzene rings is 2. The van der Waals surface area contributed by atoms with Crippen LogP contribution in [0.4, 0.5) is 10.1 Å². The summed E-state index contributed by atoms with van der Waals surface area (Å²) in [7, 11) is -1.72. The molecule has 7 nitrogen and oxygen atoms in total. The van der Waals surface area contributed by atoms with Crippen LogP contribution in [0.25, 0.3) is 0 Å². The molecule has 1 heterocycles. The maximum absolute atomic E-state index is 14.1. The number of hydrogen-bond acceptors (Lipinski definition) is 5. The Morgan fingerprint density at radius 1 is 1.20 bits per heavy atom. The third-order valence-electron chi connectivity index (χ3n) is 4.48. The van der Waals surface area contributed by atoms with Crippen LogP contribution in [0.15, 0.2) is 53.4 Å². The molecule has 0 saturated carbocycles. The molecular weight excluding hydrogens is 407 g/mol. The number of carbonyl (C=O) groups excluding carboxylic acids is 1. The highest BCUT2D eigenvalue weighted by Crippen LogP contribution is 2.24. The second-order valence-corrected chi connectivity index (χ2v) is 8.93. The molecule has 0 aliphatic carbocycles. The van der Waals surface area contributed by atoms with Gasteiger partial charge in [0.2, 0.25) is 0 Å². The van der Waals surface area contributed by atoms with Gasteiger partial charge in [0, 0.05) is 19.0 Å². The van der Waals surface area contributed by atoms with Crippen LogP contribution in [0, 0.1) is 24.1 Å². The topological polar surface area (TPSA) is 96.1 Å². The number of halogens is 1. The van der Waals surface area contributed by atoms with Crippen LogP contribution in [-0.2, 0) is 23.4 Å². The highest BCUT2D eigenvalue weighted by atomic mass is 32.2. The van der Waals surface area contributed by atoms with E-state index >= 15 is 0 Å². The minimum atomic E-state index is -3.35. The van der Waals surface area contributed by atoms with E-state index in [-0.39, 0.29) is 22.7 Å². The zero-order valence-corrected chi connectivity index (χ0v) is 17.4. The quantitative estimate of drug-likeness (QED) is 0.625. The average molecular weight is 426 g/mol. The maximum atomic E-state index is 14.1. The molecule has 1 amide bonds. The summed E-state index contributed by atoms with van der Waals surface area (Å²) < 4.78 is 38.9. The van der Waals surface area contributed by atoms with E-state index in [1.165, 1.54) is 33.8 Å². The molecule has 0 radical (unpaired) electrons. The fraction of sp³-hybridized carbons (Fsp3) is 0.190. The molecule has 0 atom stereocenters. The molecule has 154 valence electrons.